The lowest BCUT2D eigenvalue weighted by Gasteiger charge is -2.26. The molecule has 8 heteroatoms. The van der Waals surface area contributed by atoms with Gasteiger partial charge in [0, 0.05) is 22.3 Å². The molecule has 2 aliphatic rings. The highest BCUT2D eigenvalue weighted by Crippen LogP contribution is 2.33. The molecular weight excluding hydrogens is 423 g/mol. The highest BCUT2D eigenvalue weighted by Gasteiger charge is 2.46. The first-order valence-electron chi connectivity index (χ1n) is 8.56. The Hall–Kier alpha value is -1.21. The molecule has 2 aliphatic heterocycles. The number of aliphatic imine (C=N–C) groups is 1. The Bertz CT molecular complexity index is 977. The number of hydrogen-bond acceptors (Lipinski definition) is 5. The molecular formula is C19H18Cl2N2O2S2. The van der Waals surface area contributed by atoms with Crippen LogP contribution in [-0.4, -0.2) is 42.1 Å². The van der Waals surface area contributed by atoms with Crippen molar-refractivity contribution in [3.8, 4) is 0 Å². The lowest BCUT2D eigenvalue weighted by atomic mass is 10.1. The summed E-state index contributed by atoms with van der Waals surface area (Å²) in [5.74, 6) is 1.04. The predicted octanol–water partition coefficient (Wildman–Crippen LogP) is 4.26. The summed E-state index contributed by atoms with van der Waals surface area (Å²) in [6.45, 7) is 0.620. The molecule has 4 nitrogen and oxygen atoms in total. The Morgan fingerprint density at radius 2 is 1.81 bits per heavy atom. The van der Waals surface area contributed by atoms with Gasteiger partial charge in [-0.3, -0.25) is 4.99 Å². The average Bonchev–Trinajstić information content (AvgIpc) is 3.07. The van der Waals surface area contributed by atoms with Crippen molar-refractivity contribution in [2.75, 3.05) is 11.5 Å². The van der Waals surface area contributed by atoms with E-state index in [2.05, 4.69) is 4.90 Å². The highest BCUT2D eigenvalue weighted by atomic mass is 35.5. The third-order valence-corrected chi connectivity index (χ3v) is 8.00. The quantitative estimate of drug-likeness (QED) is 0.712. The van der Waals surface area contributed by atoms with Crippen LogP contribution in [0.15, 0.2) is 53.5 Å². The molecule has 0 aromatic heterocycles. The molecule has 2 aromatic rings. The molecule has 142 valence electrons. The minimum Gasteiger partial charge on any atom is -0.341 e. The number of benzene rings is 2. The van der Waals surface area contributed by atoms with Crippen LogP contribution in [-0.2, 0) is 22.1 Å². The number of rotatable bonds is 4. The van der Waals surface area contributed by atoms with Crippen molar-refractivity contribution in [2.45, 2.75) is 24.4 Å². The van der Waals surface area contributed by atoms with Crippen LogP contribution in [0.2, 0.25) is 10.0 Å². The fraction of sp³-hybridized carbons (Fsp3) is 0.316. The minimum atomic E-state index is -3.03. The van der Waals surface area contributed by atoms with Crippen molar-refractivity contribution in [3.63, 3.8) is 0 Å². The number of amidine groups is 1. The van der Waals surface area contributed by atoms with Gasteiger partial charge in [0.15, 0.2) is 15.0 Å². The smallest absolute Gasteiger partial charge is 0.160 e. The molecule has 0 N–H and O–H groups in total. The van der Waals surface area contributed by atoms with Gasteiger partial charge in [-0.05, 0) is 35.4 Å². The summed E-state index contributed by atoms with van der Waals surface area (Å²) in [4.78, 5) is 6.88. The van der Waals surface area contributed by atoms with E-state index in [9.17, 15) is 8.42 Å². The molecule has 1 saturated heterocycles. The summed E-state index contributed by atoms with van der Waals surface area (Å²) < 4.78 is 24.2. The molecule has 2 aromatic carbocycles. The number of nitrogens with zero attached hydrogens (tertiary/aromatic N) is 2. The Morgan fingerprint density at radius 3 is 2.56 bits per heavy atom. The van der Waals surface area contributed by atoms with Crippen LogP contribution < -0.4 is 0 Å². The zero-order valence-electron chi connectivity index (χ0n) is 14.4. The van der Waals surface area contributed by atoms with E-state index in [-0.39, 0.29) is 23.6 Å². The first-order chi connectivity index (χ1) is 12.9. The third-order valence-electron chi connectivity index (χ3n) is 4.74. The topological polar surface area (TPSA) is 49.7 Å². The molecule has 0 unspecified atom stereocenters. The summed E-state index contributed by atoms with van der Waals surface area (Å²) in [5.41, 5.74) is 2.20. The second-order valence-electron chi connectivity index (χ2n) is 6.80. The second kappa shape index (κ2) is 7.66. The number of halogens is 2. The first kappa shape index (κ1) is 19.1. The molecule has 0 bridgehead atoms. The fourth-order valence-corrected chi connectivity index (χ4v) is 6.72. The van der Waals surface area contributed by atoms with Crippen molar-refractivity contribution < 1.29 is 8.42 Å². The van der Waals surface area contributed by atoms with Gasteiger partial charge in [0.05, 0.1) is 23.6 Å². The van der Waals surface area contributed by atoms with Gasteiger partial charge in [-0.2, -0.15) is 0 Å². The van der Waals surface area contributed by atoms with Gasteiger partial charge < -0.3 is 4.90 Å². The van der Waals surface area contributed by atoms with Crippen molar-refractivity contribution >= 4 is 50.0 Å². The van der Waals surface area contributed by atoms with E-state index >= 15 is 0 Å². The molecule has 27 heavy (non-hydrogen) atoms. The molecule has 2 heterocycles. The second-order valence-corrected chi connectivity index (χ2v) is 10.8. The Morgan fingerprint density at radius 1 is 1.04 bits per heavy atom. The van der Waals surface area contributed by atoms with Crippen molar-refractivity contribution in [3.05, 3.63) is 69.7 Å². The summed E-state index contributed by atoms with van der Waals surface area (Å²) in [6.07, 6.45) is 0. The Balaban J connectivity index is 1.54. The van der Waals surface area contributed by atoms with Gasteiger partial charge in [0.25, 0.3) is 0 Å². The summed E-state index contributed by atoms with van der Waals surface area (Å²) in [5, 5.41) is 2.29. The Kier molecular flexibility index (Phi) is 5.43. The molecule has 0 aliphatic carbocycles. The van der Waals surface area contributed by atoms with Crippen LogP contribution in [0, 0.1) is 0 Å². The number of thioether (sulfide) groups is 1. The van der Waals surface area contributed by atoms with Crippen LogP contribution in [0.3, 0.4) is 0 Å². The minimum absolute atomic E-state index is 0.0902. The first-order valence-corrected chi connectivity index (χ1v) is 12.1. The predicted molar refractivity (Wildman–Crippen MR) is 113 cm³/mol. The van der Waals surface area contributed by atoms with E-state index in [1.54, 1.807) is 11.8 Å². The fourth-order valence-electron chi connectivity index (χ4n) is 3.46. The number of fused-ring (bicyclic) bond motifs is 1. The van der Waals surface area contributed by atoms with Gasteiger partial charge in [-0.15, -0.1) is 0 Å². The van der Waals surface area contributed by atoms with E-state index < -0.39 is 9.84 Å². The van der Waals surface area contributed by atoms with Crippen LogP contribution in [0.1, 0.15) is 11.1 Å². The van der Waals surface area contributed by atoms with Crippen molar-refractivity contribution in [1.82, 2.24) is 4.90 Å². The van der Waals surface area contributed by atoms with Crippen LogP contribution in [0.5, 0.6) is 0 Å². The maximum absolute atomic E-state index is 12.1. The van der Waals surface area contributed by atoms with E-state index in [0.717, 1.165) is 22.0 Å². The zero-order valence-corrected chi connectivity index (χ0v) is 17.5. The SMILES string of the molecule is O=S1(=O)C[C@@H]2N=C(SCc3cccc(Cl)c3)N(Cc3ccc(Cl)cc3)[C@H]2C1. The highest BCUT2D eigenvalue weighted by molar-refractivity contribution is 8.13. The van der Waals surface area contributed by atoms with Gasteiger partial charge >= 0.3 is 0 Å². The molecule has 0 radical (unpaired) electrons. The molecule has 0 amide bonds. The van der Waals surface area contributed by atoms with Crippen LogP contribution >= 0.6 is 35.0 Å². The van der Waals surface area contributed by atoms with E-state index in [1.807, 2.05) is 48.5 Å². The standard InChI is InChI=1S/C19H18Cl2N2O2S2/c20-15-6-4-13(5-7-15)9-23-18-12-27(24,25)11-17(18)22-19(23)26-10-14-2-1-3-16(21)8-14/h1-8,17-18H,9-12H2/t17-,18-/m0/s1. The number of hydrogen-bond donors (Lipinski definition) is 0. The molecule has 1 fully saturated rings. The molecule has 0 saturated carbocycles. The number of sulfone groups is 1. The molecule has 4 rings (SSSR count). The third kappa shape index (κ3) is 4.45. The lowest BCUT2D eigenvalue weighted by Crippen LogP contribution is -2.38. The average molecular weight is 441 g/mol. The molecule has 2 atom stereocenters. The monoisotopic (exact) mass is 440 g/mol. The maximum Gasteiger partial charge on any atom is 0.160 e. The van der Waals surface area contributed by atoms with E-state index in [4.69, 9.17) is 28.2 Å². The van der Waals surface area contributed by atoms with Gasteiger partial charge in [0.2, 0.25) is 0 Å². The summed E-state index contributed by atoms with van der Waals surface area (Å²) >= 11 is 13.7. The summed E-state index contributed by atoms with van der Waals surface area (Å²) in [7, 11) is -3.03. The van der Waals surface area contributed by atoms with E-state index in [0.29, 0.717) is 16.6 Å². The van der Waals surface area contributed by atoms with Crippen molar-refractivity contribution in [2.24, 2.45) is 4.99 Å². The van der Waals surface area contributed by atoms with Gasteiger partial charge in [-0.1, -0.05) is 59.2 Å². The van der Waals surface area contributed by atoms with Crippen LogP contribution in [0.4, 0.5) is 0 Å². The van der Waals surface area contributed by atoms with Crippen molar-refractivity contribution in [1.29, 1.82) is 0 Å². The van der Waals surface area contributed by atoms with Gasteiger partial charge in [0.1, 0.15) is 0 Å². The normalized spacial score (nSPS) is 23.3. The Labute approximate surface area is 173 Å². The zero-order chi connectivity index (χ0) is 19.0. The maximum atomic E-state index is 12.1. The largest absolute Gasteiger partial charge is 0.341 e. The lowest BCUT2D eigenvalue weighted by molar-refractivity contribution is 0.343. The summed E-state index contributed by atoms with van der Waals surface area (Å²) in [6, 6.07) is 15.1. The van der Waals surface area contributed by atoms with Gasteiger partial charge in [-0.25, -0.2) is 8.42 Å². The van der Waals surface area contributed by atoms with Crippen LogP contribution in [0.25, 0.3) is 0 Å². The van der Waals surface area contributed by atoms with E-state index in [1.165, 1.54) is 0 Å². The molecule has 0 spiro atoms.